The number of ether oxygens (including phenoxy) is 1. The van der Waals surface area contributed by atoms with Gasteiger partial charge < -0.3 is 10.1 Å². The van der Waals surface area contributed by atoms with Crippen molar-refractivity contribution in [3.8, 4) is 0 Å². The fourth-order valence-electron chi connectivity index (χ4n) is 3.50. The standard InChI is InChI=1S/C24H19N3O5S/c1-13-10-14(2)26-24(25-13)33-12-20(29)32-11-19(28)27-18-9-5-8-17-21(18)23(31)16-7-4-3-6-15(16)22(17)30/h3-10H,11-12H2,1-2H3,(H,27,28). The summed E-state index contributed by atoms with van der Waals surface area (Å²) < 4.78 is 5.03. The van der Waals surface area contributed by atoms with Crippen LogP contribution >= 0.6 is 11.8 Å². The van der Waals surface area contributed by atoms with E-state index >= 15 is 0 Å². The number of amides is 1. The van der Waals surface area contributed by atoms with Crippen LogP contribution in [-0.4, -0.2) is 45.8 Å². The van der Waals surface area contributed by atoms with Crippen molar-refractivity contribution in [1.82, 2.24) is 9.97 Å². The van der Waals surface area contributed by atoms with Crippen molar-refractivity contribution in [3.05, 3.63) is 82.2 Å². The summed E-state index contributed by atoms with van der Waals surface area (Å²) in [6.07, 6.45) is 0. The van der Waals surface area contributed by atoms with E-state index < -0.39 is 18.5 Å². The number of fused-ring (bicyclic) bond motifs is 2. The normalized spacial score (nSPS) is 12.1. The Kier molecular flexibility index (Phi) is 6.32. The van der Waals surface area contributed by atoms with Crippen LogP contribution in [0.2, 0.25) is 0 Å². The first-order valence-corrected chi connectivity index (χ1v) is 11.0. The van der Waals surface area contributed by atoms with Gasteiger partial charge in [0.25, 0.3) is 5.91 Å². The van der Waals surface area contributed by atoms with Crippen molar-refractivity contribution in [3.63, 3.8) is 0 Å². The number of carbonyl (C=O) groups is 4. The van der Waals surface area contributed by atoms with Gasteiger partial charge in [-0.25, -0.2) is 9.97 Å². The molecule has 9 heteroatoms. The maximum Gasteiger partial charge on any atom is 0.316 e. The van der Waals surface area contributed by atoms with Gasteiger partial charge in [-0.05, 0) is 26.0 Å². The second-order valence-corrected chi connectivity index (χ2v) is 8.31. The second-order valence-electron chi connectivity index (χ2n) is 7.36. The molecule has 0 saturated carbocycles. The molecule has 1 amide bonds. The van der Waals surface area contributed by atoms with Gasteiger partial charge in [0.15, 0.2) is 23.3 Å². The Morgan fingerprint density at radius 3 is 2.24 bits per heavy atom. The minimum atomic E-state index is -0.622. The molecule has 8 nitrogen and oxygen atoms in total. The number of rotatable bonds is 6. The smallest absolute Gasteiger partial charge is 0.316 e. The van der Waals surface area contributed by atoms with Crippen LogP contribution in [-0.2, 0) is 14.3 Å². The van der Waals surface area contributed by atoms with Gasteiger partial charge in [-0.1, -0.05) is 48.2 Å². The average molecular weight is 461 g/mol. The summed E-state index contributed by atoms with van der Waals surface area (Å²) >= 11 is 1.11. The molecule has 1 aliphatic carbocycles. The van der Waals surface area contributed by atoms with Crippen molar-refractivity contribution in [2.24, 2.45) is 0 Å². The highest BCUT2D eigenvalue weighted by Gasteiger charge is 2.31. The van der Waals surface area contributed by atoms with Crippen molar-refractivity contribution in [2.45, 2.75) is 19.0 Å². The number of benzene rings is 2. The van der Waals surface area contributed by atoms with E-state index in [1.165, 1.54) is 6.07 Å². The number of esters is 1. The third kappa shape index (κ3) is 4.83. The predicted molar refractivity (Wildman–Crippen MR) is 122 cm³/mol. The molecule has 1 heterocycles. The zero-order valence-corrected chi connectivity index (χ0v) is 18.7. The van der Waals surface area contributed by atoms with Crippen LogP contribution in [0.25, 0.3) is 0 Å². The van der Waals surface area contributed by atoms with E-state index in [-0.39, 0.29) is 39.7 Å². The lowest BCUT2D eigenvalue weighted by Gasteiger charge is -2.20. The lowest BCUT2D eigenvalue weighted by atomic mass is 9.83. The number of anilines is 1. The predicted octanol–water partition coefficient (Wildman–Crippen LogP) is 3.14. The van der Waals surface area contributed by atoms with Crippen LogP contribution in [0.1, 0.15) is 43.2 Å². The van der Waals surface area contributed by atoms with Crippen molar-refractivity contribution < 1.29 is 23.9 Å². The highest BCUT2D eigenvalue weighted by atomic mass is 32.2. The molecule has 4 rings (SSSR count). The Balaban J connectivity index is 1.39. The number of thioether (sulfide) groups is 1. The summed E-state index contributed by atoms with van der Waals surface area (Å²) in [4.78, 5) is 58.7. The van der Waals surface area contributed by atoms with Crippen LogP contribution in [0.15, 0.2) is 53.7 Å². The average Bonchev–Trinajstić information content (AvgIpc) is 2.79. The molecular formula is C24H19N3O5S. The largest absolute Gasteiger partial charge is 0.455 e. The first-order chi connectivity index (χ1) is 15.8. The van der Waals surface area contributed by atoms with Crippen LogP contribution in [0.5, 0.6) is 0 Å². The molecule has 0 bridgehead atoms. The molecule has 3 aromatic rings. The van der Waals surface area contributed by atoms with Gasteiger partial charge >= 0.3 is 5.97 Å². The molecule has 0 radical (unpaired) electrons. The van der Waals surface area contributed by atoms with Crippen molar-refractivity contribution in [1.29, 1.82) is 0 Å². The molecule has 0 aliphatic heterocycles. The van der Waals surface area contributed by atoms with E-state index in [2.05, 4.69) is 15.3 Å². The Bertz CT molecular complexity index is 1280. The third-order valence-corrected chi connectivity index (χ3v) is 5.69. The number of hydrogen-bond donors (Lipinski definition) is 1. The van der Waals surface area contributed by atoms with Gasteiger partial charge in [-0.2, -0.15) is 0 Å². The summed E-state index contributed by atoms with van der Waals surface area (Å²) in [5.74, 6) is -1.91. The molecular weight excluding hydrogens is 442 g/mol. The fraction of sp³-hybridized carbons (Fsp3) is 0.167. The molecule has 0 atom stereocenters. The summed E-state index contributed by atoms with van der Waals surface area (Å²) in [6.45, 7) is 3.14. The van der Waals surface area contributed by atoms with Crippen molar-refractivity contribution >= 4 is 40.9 Å². The van der Waals surface area contributed by atoms with E-state index in [1.54, 1.807) is 36.4 Å². The molecule has 0 unspecified atom stereocenters. The number of ketones is 2. The minimum absolute atomic E-state index is 0.0549. The van der Waals surface area contributed by atoms with E-state index in [1.807, 2.05) is 19.9 Å². The number of hydrogen-bond acceptors (Lipinski definition) is 8. The minimum Gasteiger partial charge on any atom is -0.455 e. The Morgan fingerprint density at radius 1 is 0.909 bits per heavy atom. The van der Waals surface area contributed by atoms with Gasteiger partial charge in [0, 0.05) is 28.1 Å². The quantitative estimate of drug-likeness (QED) is 0.265. The zero-order chi connectivity index (χ0) is 23.5. The van der Waals surface area contributed by atoms with Gasteiger partial charge in [0.05, 0.1) is 17.0 Å². The first kappa shape index (κ1) is 22.3. The molecule has 0 saturated heterocycles. The van der Waals surface area contributed by atoms with Crippen LogP contribution in [0.4, 0.5) is 5.69 Å². The van der Waals surface area contributed by atoms with E-state index in [0.29, 0.717) is 10.7 Å². The number of carbonyl (C=O) groups excluding carboxylic acids is 4. The van der Waals surface area contributed by atoms with Gasteiger partial charge in [-0.15, -0.1) is 0 Å². The van der Waals surface area contributed by atoms with E-state index in [0.717, 1.165) is 23.1 Å². The topological polar surface area (TPSA) is 115 Å². The summed E-state index contributed by atoms with van der Waals surface area (Å²) in [6, 6.07) is 13.0. The zero-order valence-electron chi connectivity index (χ0n) is 17.9. The number of nitrogens with one attached hydrogen (secondary N) is 1. The molecule has 33 heavy (non-hydrogen) atoms. The van der Waals surface area contributed by atoms with E-state index in [4.69, 9.17) is 4.74 Å². The number of aryl methyl sites for hydroxylation is 2. The van der Waals surface area contributed by atoms with Gasteiger partial charge in [-0.3, -0.25) is 19.2 Å². The molecule has 166 valence electrons. The van der Waals surface area contributed by atoms with Gasteiger partial charge in [0.2, 0.25) is 0 Å². The monoisotopic (exact) mass is 461 g/mol. The van der Waals surface area contributed by atoms with Crippen LogP contribution in [0.3, 0.4) is 0 Å². The molecule has 1 N–H and O–H groups in total. The third-order valence-electron chi connectivity index (χ3n) is 4.87. The second kappa shape index (κ2) is 9.33. The first-order valence-electron chi connectivity index (χ1n) is 10.1. The Labute approximate surface area is 193 Å². The number of aromatic nitrogens is 2. The maximum atomic E-state index is 13.0. The van der Waals surface area contributed by atoms with E-state index in [9.17, 15) is 19.2 Å². The number of nitrogens with zero attached hydrogens (tertiary/aromatic N) is 2. The summed E-state index contributed by atoms with van der Waals surface area (Å²) in [7, 11) is 0. The van der Waals surface area contributed by atoms with Crippen LogP contribution < -0.4 is 5.32 Å². The lowest BCUT2D eigenvalue weighted by molar-refractivity contribution is -0.144. The molecule has 1 aliphatic rings. The molecule has 2 aromatic carbocycles. The highest BCUT2D eigenvalue weighted by molar-refractivity contribution is 7.99. The fourth-order valence-corrected chi connectivity index (χ4v) is 4.25. The molecule has 0 fully saturated rings. The SMILES string of the molecule is Cc1cc(C)nc(SCC(=O)OCC(=O)Nc2cccc3c2C(=O)c2ccccc2C3=O)n1. The Hall–Kier alpha value is -3.85. The molecule has 1 aromatic heterocycles. The van der Waals surface area contributed by atoms with Crippen molar-refractivity contribution in [2.75, 3.05) is 17.7 Å². The summed E-state index contributed by atoms with van der Waals surface area (Å²) in [5, 5.41) is 3.03. The summed E-state index contributed by atoms with van der Waals surface area (Å²) in [5.41, 5.74) is 2.74. The Morgan fingerprint density at radius 2 is 1.55 bits per heavy atom. The highest BCUT2D eigenvalue weighted by Crippen LogP contribution is 2.31. The lowest BCUT2D eigenvalue weighted by Crippen LogP contribution is -2.26. The van der Waals surface area contributed by atoms with Gasteiger partial charge in [0.1, 0.15) is 0 Å². The maximum absolute atomic E-state index is 13.0. The van der Waals surface area contributed by atoms with Crippen LogP contribution in [0, 0.1) is 13.8 Å². The molecule has 0 spiro atoms.